The minimum absolute atomic E-state index is 0.0866. The molecule has 2 rings (SSSR count). The van der Waals surface area contributed by atoms with Crippen LogP contribution in [0.15, 0.2) is 4.99 Å². The maximum Gasteiger partial charge on any atom is 0.191 e. The molecule has 2 saturated heterocycles. The fourth-order valence-electron chi connectivity index (χ4n) is 3.34. The van der Waals surface area contributed by atoms with Gasteiger partial charge in [-0.1, -0.05) is 0 Å². The van der Waals surface area contributed by atoms with E-state index < -0.39 is 0 Å². The van der Waals surface area contributed by atoms with E-state index in [2.05, 4.69) is 58.3 Å². The Bertz CT molecular complexity index is 408. The predicted octanol–water partition coefficient (Wildman–Crippen LogP) is -0.492. The summed E-state index contributed by atoms with van der Waals surface area (Å²) in [6.07, 6.45) is 0. The molecule has 1 unspecified atom stereocenters. The lowest BCUT2D eigenvalue weighted by Crippen LogP contribution is -2.58. The molecule has 2 aliphatic rings. The third kappa shape index (κ3) is 5.58. The third-order valence-electron chi connectivity index (χ3n) is 5.26. The number of nitrogens with one attached hydrogen (secondary N) is 2. The smallest absolute Gasteiger partial charge is 0.191 e. The van der Waals surface area contributed by atoms with Gasteiger partial charge in [-0.3, -0.25) is 14.8 Å². The molecule has 0 aromatic rings. The van der Waals surface area contributed by atoms with Crippen molar-refractivity contribution in [1.82, 2.24) is 25.3 Å². The summed E-state index contributed by atoms with van der Waals surface area (Å²) in [6.45, 7) is 13.4. The summed E-state index contributed by atoms with van der Waals surface area (Å²) in [4.78, 5) is 11.7. The number of guanidine groups is 1. The standard InChI is InChI=1S/C17H36N6O/c1-17(2,23-8-10-24-11-9-23)14-20-16(18-3)19-12-15-13-21(4)6-7-22(15)5/h15H,6-14H2,1-5H3,(H2,18,19,20). The van der Waals surface area contributed by atoms with Crippen molar-refractivity contribution in [3.63, 3.8) is 0 Å². The second-order valence-electron chi connectivity index (χ2n) is 7.62. The van der Waals surface area contributed by atoms with Crippen LogP contribution >= 0.6 is 0 Å². The van der Waals surface area contributed by atoms with Gasteiger partial charge >= 0.3 is 0 Å². The number of ether oxygens (including phenoxy) is 1. The van der Waals surface area contributed by atoms with E-state index in [9.17, 15) is 0 Å². The Balaban J connectivity index is 1.77. The van der Waals surface area contributed by atoms with E-state index in [0.29, 0.717) is 6.04 Å². The minimum Gasteiger partial charge on any atom is -0.379 e. The molecule has 2 heterocycles. The minimum atomic E-state index is 0.0866. The summed E-state index contributed by atoms with van der Waals surface area (Å²) >= 11 is 0. The molecule has 2 fully saturated rings. The van der Waals surface area contributed by atoms with Crippen molar-refractivity contribution in [3.05, 3.63) is 0 Å². The molecule has 2 N–H and O–H groups in total. The van der Waals surface area contributed by atoms with E-state index in [0.717, 1.165) is 65.0 Å². The van der Waals surface area contributed by atoms with Gasteiger partial charge in [0.15, 0.2) is 5.96 Å². The number of hydrogen-bond donors (Lipinski definition) is 2. The van der Waals surface area contributed by atoms with Gasteiger partial charge in [0.1, 0.15) is 0 Å². The molecule has 1 atom stereocenters. The molecule has 0 aromatic heterocycles. The highest BCUT2D eigenvalue weighted by Crippen LogP contribution is 2.15. The molecule has 7 nitrogen and oxygen atoms in total. The highest BCUT2D eigenvalue weighted by Gasteiger charge is 2.28. The Labute approximate surface area is 147 Å². The van der Waals surface area contributed by atoms with Crippen molar-refractivity contribution in [1.29, 1.82) is 0 Å². The maximum atomic E-state index is 5.46. The van der Waals surface area contributed by atoms with Crippen LogP contribution in [0.2, 0.25) is 0 Å². The Morgan fingerprint density at radius 2 is 1.83 bits per heavy atom. The van der Waals surface area contributed by atoms with Crippen LogP contribution in [0.5, 0.6) is 0 Å². The van der Waals surface area contributed by atoms with Gasteiger partial charge in [0, 0.05) is 64.4 Å². The first-order chi connectivity index (χ1) is 11.4. The first kappa shape index (κ1) is 19.4. The Kier molecular flexibility index (Phi) is 7.28. The van der Waals surface area contributed by atoms with Crippen molar-refractivity contribution in [2.75, 3.05) is 80.2 Å². The van der Waals surface area contributed by atoms with Crippen LogP contribution in [0.25, 0.3) is 0 Å². The summed E-state index contributed by atoms with van der Waals surface area (Å²) in [5, 5.41) is 6.99. The molecule has 0 spiro atoms. The van der Waals surface area contributed by atoms with Crippen molar-refractivity contribution in [2.45, 2.75) is 25.4 Å². The topological polar surface area (TPSA) is 55.4 Å². The van der Waals surface area contributed by atoms with E-state index >= 15 is 0 Å². The molecule has 0 bridgehead atoms. The van der Waals surface area contributed by atoms with E-state index in [1.54, 1.807) is 0 Å². The second kappa shape index (κ2) is 8.99. The second-order valence-corrected chi connectivity index (χ2v) is 7.62. The van der Waals surface area contributed by atoms with E-state index in [4.69, 9.17) is 4.74 Å². The molecule has 0 aliphatic carbocycles. The number of hydrogen-bond acceptors (Lipinski definition) is 5. The van der Waals surface area contributed by atoms with E-state index in [1.165, 1.54) is 0 Å². The predicted molar refractivity (Wildman–Crippen MR) is 99.8 cm³/mol. The average Bonchev–Trinajstić information content (AvgIpc) is 2.58. The molecule has 24 heavy (non-hydrogen) atoms. The zero-order valence-electron chi connectivity index (χ0n) is 16.1. The molecule has 7 heteroatoms. The Morgan fingerprint density at radius 1 is 1.12 bits per heavy atom. The number of rotatable bonds is 5. The van der Waals surface area contributed by atoms with Gasteiger partial charge in [0.2, 0.25) is 0 Å². The van der Waals surface area contributed by atoms with Crippen LogP contribution in [0, 0.1) is 0 Å². The number of likely N-dealkylation sites (N-methyl/N-ethyl adjacent to an activating group) is 2. The van der Waals surface area contributed by atoms with Crippen LogP contribution in [-0.4, -0.2) is 112 Å². The molecular weight excluding hydrogens is 304 g/mol. The molecular formula is C17H36N6O. The van der Waals surface area contributed by atoms with Gasteiger partial charge in [-0.05, 0) is 27.9 Å². The first-order valence-electron chi connectivity index (χ1n) is 9.08. The van der Waals surface area contributed by atoms with Gasteiger partial charge in [0.25, 0.3) is 0 Å². The zero-order valence-corrected chi connectivity index (χ0v) is 16.1. The number of aliphatic imine (C=N–C) groups is 1. The van der Waals surface area contributed by atoms with Crippen molar-refractivity contribution >= 4 is 5.96 Å². The average molecular weight is 341 g/mol. The highest BCUT2D eigenvalue weighted by atomic mass is 16.5. The fraction of sp³-hybridized carbons (Fsp3) is 0.941. The van der Waals surface area contributed by atoms with Gasteiger partial charge in [-0.25, -0.2) is 0 Å². The lowest BCUT2D eigenvalue weighted by atomic mass is 10.0. The molecule has 0 saturated carbocycles. The molecule has 140 valence electrons. The highest BCUT2D eigenvalue weighted by molar-refractivity contribution is 5.79. The number of nitrogens with zero attached hydrogens (tertiary/aromatic N) is 4. The summed E-state index contributed by atoms with van der Waals surface area (Å²) in [7, 11) is 6.24. The number of morpholine rings is 1. The van der Waals surface area contributed by atoms with Crippen LogP contribution in [0.3, 0.4) is 0 Å². The lowest BCUT2D eigenvalue weighted by molar-refractivity contribution is -0.00835. The Hall–Kier alpha value is -0.890. The molecule has 2 aliphatic heterocycles. The Morgan fingerprint density at radius 3 is 2.50 bits per heavy atom. The van der Waals surface area contributed by atoms with E-state index in [1.807, 2.05) is 7.05 Å². The molecule has 0 radical (unpaired) electrons. The van der Waals surface area contributed by atoms with Gasteiger partial charge in [-0.2, -0.15) is 0 Å². The normalized spacial score (nSPS) is 25.7. The zero-order chi connectivity index (χ0) is 17.6. The third-order valence-corrected chi connectivity index (χ3v) is 5.26. The van der Waals surface area contributed by atoms with Crippen molar-refractivity contribution in [2.24, 2.45) is 4.99 Å². The van der Waals surface area contributed by atoms with Crippen LogP contribution in [0.1, 0.15) is 13.8 Å². The van der Waals surface area contributed by atoms with E-state index in [-0.39, 0.29) is 5.54 Å². The summed E-state index contributed by atoms with van der Waals surface area (Å²) < 4.78 is 5.46. The SMILES string of the molecule is CN=C(NCC1CN(C)CCN1C)NCC(C)(C)N1CCOCC1. The van der Waals surface area contributed by atoms with Gasteiger partial charge < -0.3 is 20.3 Å². The lowest BCUT2D eigenvalue weighted by Gasteiger charge is -2.41. The van der Waals surface area contributed by atoms with Crippen LogP contribution in [0.4, 0.5) is 0 Å². The number of piperazine rings is 1. The maximum absolute atomic E-state index is 5.46. The van der Waals surface area contributed by atoms with Crippen molar-refractivity contribution < 1.29 is 4.74 Å². The van der Waals surface area contributed by atoms with Crippen LogP contribution in [-0.2, 0) is 4.74 Å². The monoisotopic (exact) mass is 340 g/mol. The van der Waals surface area contributed by atoms with Crippen LogP contribution < -0.4 is 10.6 Å². The summed E-state index contributed by atoms with van der Waals surface area (Å²) in [5.74, 6) is 0.887. The van der Waals surface area contributed by atoms with Gasteiger partial charge in [0.05, 0.1) is 13.2 Å². The largest absolute Gasteiger partial charge is 0.379 e. The van der Waals surface area contributed by atoms with Crippen molar-refractivity contribution in [3.8, 4) is 0 Å². The summed E-state index contributed by atoms with van der Waals surface area (Å²) in [6, 6.07) is 0.523. The fourth-order valence-corrected chi connectivity index (χ4v) is 3.34. The molecule has 0 aromatic carbocycles. The van der Waals surface area contributed by atoms with Gasteiger partial charge in [-0.15, -0.1) is 0 Å². The quantitative estimate of drug-likeness (QED) is 0.520. The molecule has 0 amide bonds. The summed E-state index contributed by atoms with van der Waals surface area (Å²) in [5.41, 5.74) is 0.0866. The first-order valence-corrected chi connectivity index (χ1v) is 9.08.